The molecule has 0 aromatic carbocycles. The van der Waals surface area contributed by atoms with Gasteiger partial charge in [-0.25, -0.2) is 18.1 Å². The number of aromatic nitrogens is 2. The number of nitrogens with one attached hydrogen (secondary N) is 2. The molecule has 1 rings (SSSR count). The molecule has 0 unspecified atom stereocenters. The molecule has 21 heavy (non-hydrogen) atoms. The minimum Gasteiger partial charge on any atom is -0.468 e. The van der Waals surface area contributed by atoms with Gasteiger partial charge < -0.3 is 14.5 Å². The molecule has 118 valence electrons. The molecule has 0 spiro atoms. The summed E-state index contributed by atoms with van der Waals surface area (Å²) >= 11 is 0. The Morgan fingerprint density at radius 1 is 1.48 bits per heavy atom. The van der Waals surface area contributed by atoms with E-state index in [1.807, 2.05) is 0 Å². The third-order valence-corrected chi connectivity index (χ3v) is 3.66. The van der Waals surface area contributed by atoms with Crippen molar-refractivity contribution in [2.24, 2.45) is 0 Å². The van der Waals surface area contributed by atoms with Gasteiger partial charge in [0.25, 0.3) is 0 Å². The third-order valence-electron chi connectivity index (χ3n) is 2.40. The van der Waals surface area contributed by atoms with Crippen LogP contribution in [-0.2, 0) is 35.5 Å². The Morgan fingerprint density at radius 2 is 2.19 bits per heavy atom. The predicted octanol–water partition coefficient (Wildman–Crippen LogP) is -1.02. The highest BCUT2D eigenvalue weighted by Gasteiger charge is 2.28. The highest BCUT2D eigenvalue weighted by Crippen LogP contribution is 2.03. The van der Waals surface area contributed by atoms with E-state index in [1.165, 1.54) is 12.5 Å². The second-order valence-corrected chi connectivity index (χ2v) is 5.79. The average Bonchev–Trinajstić information content (AvgIpc) is 2.89. The van der Waals surface area contributed by atoms with E-state index in [2.05, 4.69) is 24.2 Å². The summed E-state index contributed by atoms with van der Waals surface area (Å²) < 4.78 is 34.9. The van der Waals surface area contributed by atoms with Crippen LogP contribution >= 0.6 is 0 Å². The summed E-state index contributed by atoms with van der Waals surface area (Å²) in [4.78, 5) is 29.4. The van der Waals surface area contributed by atoms with Gasteiger partial charge in [-0.2, -0.15) is 0 Å². The zero-order valence-corrected chi connectivity index (χ0v) is 12.5. The monoisotopic (exact) mass is 319 g/mol. The van der Waals surface area contributed by atoms with Crippen LogP contribution in [0.15, 0.2) is 12.5 Å². The SMILES string of the molecule is CCOC(=O)CS(=O)(=O)N[C@@H](Cc1cnc[nH]1)C(=O)OC. The lowest BCUT2D eigenvalue weighted by Gasteiger charge is -2.15. The number of rotatable bonds is 8. The number of imidazole rings is 1. The van der Waals surface area contributed by atoms with Gasteiger partial charge in [-0.15, -0.1) is 0 Å². The van der Waals surface area contributed by atoms with E-state index in [0.29, 0.717) is 5.69 Å². The van der Waals surface area contributed by atoms with Gasteiger partial charge in [0.1, 0.15) is 6.04 Å². The molecule has 0 amide bonds. The van der Waals surface area contributed by atoms with Gasteiger partial charge in [0.05, 0.1) is 20.0 Å². The van der Waals surface area contributed by atoms with Crippen molar-refractivity contribution in [3.63, 3.8) is 0 Å². The smallest absolute Gasteiger partial charge is 0.324 e. The van der Waals surface area contributed by atoms with E-state index < -0.39 is 33.8 Å². The second-order valence-electron chi connectivity index (χ2n) is 4.04. The van der Waals surface area contributed by atoms with Crippen LogP contribution in [0.25, 0.3) is 0 Å². The fourth-order valence-electron chi connectivity index (χ4n) is 1.55. The first kappa shape index (κ1) is 17.1. The number of ether oxygens (including phenoxy) is 2. The van der Waals surface area contributed by atoms with Crippen LogP contribution in [0, 0.1) is 0 Å². The highest BCUT2D eigenvalue weighted by molar-refractivity contribution is 7.90. The zero-order valence-electron chi connectivity index (χ0n) is 11.7. The molecule has 0 aliphatic carbocycles. The summed E-state index contributed by atoms with van der Waals surface area (Å²) in [6.07, 6.45) is 2.88. The van der Waals surface area contributed by atoms with E-state index in [0.717, 1.165) is 7.11 Å². The molecule has 2 N–H and O–H groups in total. The van der Waals surface area contributed by atoms with Crippen LogP contribution in [0.3, 0.4) is 0 Å². The maximum absolute atomic E-state index is 11.8. The van der Waals surface area contributed by atoms with Crippen LogP contribution in [0.2, 0.25) is 0 Å². The average molecular weight is 319 g/mol. The van der Waals surface area contributed by atoms with Gasteiger partial charge >= 0.3 is 11.9 Å². The maximum Gasteiger partial charge on any atom is 0.324 e. The molecule has 9 nitrogen and oxygen atoms in total. The van der Waals surface area contributed by atoms with E-state index in [4.69, 9.17) is 0 Å². The van der Waals surface area contributed by atoms with Gasteiger partial charge in [0.2, 0.25) is 10.0 Å². The number of esters is 2. The number of H-pyrrole nitrogens is 1. The van der Waals surface area contributed by atoms with Gasteiger partial charge in [-0.05, 0) is 6.92 Å². The maximum atomic E-state index is 11.8. The molecular weight excluding hydrogens is 302 g/mol. The summed E-state index contributed by atoms with van der Waals surface area (Å²) in [6.45, 7) is 1.64. The number of carbonyl (C=O) groups excluding carboxylic acids is 2. The summed E-state index contributed by atoms with van der Waals surface area (Å²) in [7, 11) is -2.88. The fraction of sp³-hybridized carbons (Fsp3) is 0.545. The molecule has 10 heteroatoms. The Hall–Kier alpha value is -1.94. The van der Waals surface area contributed by atoms with E-state index in [9.17, 15) is 18.0 Å². The number of hydrogen-bond donors (Lipinski definition) is 2. The molecule has 0 fully saturated rings. The van der Waals surface area contributed by atoms with Gasteiger partial charge in [0.15, 0.2) is 5.75 Å². The summed E-state index contributed by atoms with van der Waals surface area (Å²) in [5.41, 5.74) is 0.546. The topological polar surface area (TPSA) is 127 Å². The molecule has 0 bridgehead atoms. The van der Waals surface area contributed by atoms with Crippen LogP contribution in [0.1, 0.15) is 12.6 Å². The number of methoxy groups -OCH3 is 1. The van der Waals surface area contributed by atoms with Crippen molar-refractivity contribution in [3.8, 4) is 0 Å². The third kappa shape index (κ3) is 5.92. The number of hydrogen-bond acceptors (Lipinski definition) is 7. The van der Waals surface area contributed by atoms with Crippen molar-refractivity contribution >= 4 is 22.0 Å². The van der Waals surface area contributed by atoms with Gasteiger partial charge in [0, 0.05) is 18.3 Å². The van der Waals surface area contributed by atoms with E-state index in [-0.39, 0.29) is 13.0 Å². The van der Waals surface area contributed by atoms with Crippen molar-refractivity contribution < 1.29 is 27.5 Å². The van der Waals surface area contributed by atoms with Crippen LogP contribution < -0.4 is 4.72 Å². The number of nitrogens with zero attached hydrogens (tertiary/aromatic N) is 1. The first-order chi connectivity index (χ1) is 9.88. The van der Waals surface area contributed by atoms with Crippen LogP contribution in [-0.4, -0.2) is 55.8 Å². The quantitative estimate of drug-likeness (QED) is 0.587. The minimum absolute atomic E-state index is 0.0225. The molecule has 0 aliphatic heterocycles. The number of sulfonamides is 1. The summed E-state index contributed by atoms with van der Waals surface area (Å²) in [5.74, 6) is -2.52. The van der Waals surface area contributed by atoms with E-state index in [1.54, 1.807) is 6.92 Å². The number of carbonyl (C=O) groups is 2. The largest absolute Gasteiger partial charge is 0.468 e. The minimum atomic E-state index is -4.02. The normalized spacial score (nSPS) is 12.7. The van der Waals surface area contributed by atoms with Crippen molar-refractivity contribution in [3.05, 3.63) is 18.2 Å². The summed E-state index contributed by atoms with van der Waals surface area (Å²) in [5, 5.41) is 0. The summed E-state index contributed by atoms with van der Waals surface area (Å²) in [6, 6.07) is -1.16. The Bertz CT molecular complexity index is 569. The fourth-order valence-corrected chi connectivity index (χ4v) is 2.64. The Balaban J connectivity index is 2.75. The van der Waals surface area contributed by atoms with Crippen molar-refractivity contribution in [1.82, 2.24) is 14.7 Å². The molecule has 0 saturated heterocycles. The molecule has 0 saturated carbocycles. The van der Waals surface area contributed by atoms with E-state index >= 15 is 0 Å². The zero-order chi connectivity index (χ0) is 15.9. The van der Waals surface area contributed by atoms with Crippen molar-refractivity contribution in [1.29, 1.82) is 0 Å². The lowest BCUT2D eigenvalue weighted by Crippen LogP contribution is -2.45. The molecule has 1 aromatic heterocycles. The first-order valence-corrected chi connectivity index (χ1v) is 7.74. The molecular formula is C11H17N3O6S. The van der Waals surface area contributed by atoms with Crippen LogP contribution in [0.4, 0.5) is 0 Å². The second kappa shape index (κ2) is 7.74. The molecule has 1 heterocycles. The number of aromatic amines is 1. The van der Waals surface area contributed by atoms with Crippen LogP contribution in [0.5, 0.6) is 0 Å². The Labute approximate surface area is 122 Å². The lowest BCUT2D eigenvalue weighted by molar-refractivity contribution is -0.143. The Kier molecular flexibility index (Phi) is 6.31. The lowest BCUT2D eigenvalue weighted by atomic mass is 10.2. The Morgan fingerprint density at radius 3 is 2.71 bits per heavy atom. The predicted molar refractivity (Wildman–Crippen MR) is 71.7 cm³/mol. The highest BCUT2D eigenvalue weighted by atomic mass is 32.2. The van der Waals surface area contributed by atoms with Crippen molar-refractivity contribution in [2.75, 3.05) is 19.5 Å². The molecule has 1 atom stereocenters. The van der Waals surface area contributed by atoms with Gasteiger partial charge in [-0.1, -0.05) is 0 Å². The van der Waals surface area contributed by atoms with Gasteiger partial charge in [-0.3, -0.25) is 9.59 Å². The molecule has 1 aromatic rings. The first-order valence-electron chi connectivity index (χ1n) is 6.08. The molecule has 0 radical (unpaired) electrons. The molecule has 0 aliphatic rings. The standard InChI is InChI=1S/C11H17N3O6S/c1-3-20-10(15)6-21(17,18)14-9(11(16)19-2)4-8-5-12-7-13-8/h5,7,9,14H,3-4,6H2,1-2H3,(H,12,13)/t9-/m0/s1. The van der Waals surface area contributed by atoms with Crippen molar-refractivity contribution in [2.45, 2.75) is 19.4 Å².